The molecule has 0 aromatic heterocycles. The number of carbonyl (C=O) groups is 1. The van der Waals surface area contributed by atoms with E-state index in [1.165, 1.54) is 11.1 Å². The normalized spacial score (nSPS) is 11.9. The average Bonchev–Trinajstić information content (AvgIpc) is 2.53. The number of alkyl halides is 1. The summed E-state index contributed by atoms with van der Waals surface area (Å²) in [4.78, 5) is 13.3. The van der Waals surface area contributed by atoms with Crippen LogP contribution in [0.1, 0.15) is 18.5 Å². The first-order chi connectivity index (χ1) is 9.63. The lowest BCUT2D eigenvalue weighted by Crippen LogP contribution is -2.30. The van der Waals surface area contributed by atoms with Gasteiger partial charge in [-0.05, 0) is 23.6 Å². The van der Waals surface area contributed by atoms with Crippen molar-refractivity contribution in [2.24, 2.45) is 0 Å². The zero-order valence-corrected chi connectivity index (χ0v) is 12.5. The van der Waals surface area contributed by atoms with Gasteiger partial charge in [-0.2, -0.15) is 0 Å². The molecule has 0 radical (unpaired) electrons. The van der Waals surface area contributed by atoms with Gasteiger partial charge in [0.25, 0.3) is 0 Å². The number of halogens is 1. The predicted molar refractivity (Wildman–Crippen MR) is 83.8 cm³/mol. The van der Waals surface area contributed by atoms with Gasteiger partial charge in [-0.15, -0.1) is 11.6 Å². The average molecular weight is 288 g/mol. The van der Waals surface area contributed by atoms with Crippen LogP contribution in [0.2, 0.25) is 0 Å². The number of hydrogen-bond acceptors (Lipinski definition) is 1. The Bertz CT molecular complexity index is 565. The van der Waals surface area contributed by atoms with Crippen LogP contribution >= 0.6 is 11.6 Å². The molecule has 2 rings (SSSR count). The number of rotatable bonds is 4. The highest BCUT2D eigenvalue weighted by atomic mass is 35.5. The van der Waals surface area contributed by atoms with Crippen LogP contribution in [0.3, 0.4) is 0 Å². The van der Waals surface area contributed by atoms with Crippen LogP contribution in [-0.2, 0) is 4.79 Å². The first-order valence-electron chi connectivity index (χ1n) is 6.60. The Morgan fingerprint density at radius 3 is 2.15 bits per heavy atom. The molecule has 2 nitrogen and oxygen atoms in total. The van der Waals surface area contributed by atoms with E-state index in [0.717, 1.165) is 5.56 Å². The van der Waals surface area contributed by atoms with Gasteiger partial charge in [-0.25, -0.2) is 0 Å². The molecule has 0 aliphatic heterocycles. The Morgan fingerprint density at radius 2 is 1.60 bits per heavy atom. The smallest absolute Gasteiger partial charge is 0.237 e. The topological polar surface area (TPSA) is 20.3 Å². The lowest BCUT2D eigenvalue weighted by Gasteiger charge is -2.24. The van der Waals surface area contributed by atoms with Gasteiger partial charge in [0.2, 0.25) is 5.91 Å². The Balaban J connectivity index is 2.18. The lowest BCUT2D eigenvalue weighted by molar-refractivity contribution is -0.129. The summed E-state index contributed by atoms with van der Waals surface area (Å²) in [5.74, 6) is -0.0468. The quantitative estimate of drug-likeness (QED) is 0.775. The van der Waals surface area contributed by atoms with Gasteiger partial charge >= 0.3 is 0 Å². The van der Waals surface area contributed by atoms with Gasteiger partial charge in [0.1, 0.15) is 5.88 Å². The highest BCUT2D eigenvalue weighted by Gasteiger charge is 2.16. The first-order valence-corrected chi connectivity index (χ1v) is 7.14. The summed E-state index contributed by atoms with van der Waals surface area (Å²) in [6.07, 6.45) is 0. The summed E-state index contributed by atoms with van der Waals surface area (Å²) in [6.45, 7) is 2.00. The molecule has 0 spiro atoms. The van der Waals surface area contributed by atoms with Crippen molar-refractivity contribution in [1.82, 2.24) is 4.90 Å². The fourth-order valence-corrected chi connectivity index (χ4v) is 2.31. The van der Waals surface area contributed by atoms with Crippen LogP contribution in [-0.4, -0.2) is 23.7 Å². The van der Waals surface area contributed by atoms with Gasteiger partial charge in [0, 0.05) is 7.05 Å². The highest BCUT2D eigenvalue weighted by Crippen LogP contribution is 2.24. The molecule has 2 aromatic rings. The van der Waals surface area contributed by atoms with Crippen LogP contribution in [0.5, 0.6) is 0 Å². The maximum atomic E-state index is 11.6. The summed E-state index contributed by atoms with van der Waals surface area (Å²) in [5.41, 5.74) is 3.47. The molecule has 104 valence electrons. The molecular weight excluding hydrogens is 270 g/mol. The molecule has 1 unspecified atom stereocenters. The van der Waals surface area contributed by atoms with E-state index in [1.54, 1.807) is 11.9 Å². The molecule has 0 aliphatic carbocycles. The van der Waals surface area contributed by atoms with Crippen LogP contribution in [0.25, 0.3) is 11.1 Å². The second kappa shape index (κ2) is 6.58. The predicted octanol–water partition coefficient (Wildman–Crippen LogP) is 4.11. The molecule has 0 saturated carbocycles. The Hall–Kier alpha value is -1.80. The first kappa shape index (κ1) is 14.6. The zero-order chi connectivity index (χ0) is 14.5. The fraction of sp³-hybridized carbons (Fsp3) is 0.235. The minimum absolute atomic E-state index is 0.0168. The summed E-state index contributed by atoms with van der Waals surface area (Å²) in [5, 5.41) is 0. The van der Waals surface area contributed by atoms with Crippen LogP contribution in [0, 0.1) is 0 Å². The van der Waals surface area contributed by atoms with E-state index in [0.29, 0.717) is 0 Å². The standard InChI is InChI=1S/C17H18ClNO/c1-13(19(2)17(20)12-18)14-8-10-16(11-9-14)15-6-4-3-5-7-15/h3-11,13H,12H2,1-2H3. The van der Waals surface area contributed by atoms with E-state index in [4.69, 9.17) is 11.6 Å². The van der Waals surface area contributed by atoms with Crippen molar-refractivity contribution in [3.8, 4) is 11.1 Å². The number of nitrogens with zero attached hydrogens (tertiary/aromatic N) is 1. The summed E-state index contributed by atoms with van der Waals surface area (Å²) in [7, 11) is 1.78. The van der Waals surface area contributed by atoms with Crippen molar-refractivity contribution in [2.75, 3.05) is 12.9 Å². The van der Waals surface area contributed by atoms with Crippen molar-refractivity contribution in [3.63, 3.8) is 0 Å². The summed E-state index contributed by atoms with van der Waals surface area (Å²) in [6, 6.07) is 18.5. The van der Waals surface area contributed by atoms with E-state index in [-0.39, 0.29) is 17.8 Å². The van der Waals surface area contributed by atoms with Gasteiger partial charge in [-0.3, -0.25) is 4.79 Å². The minimum atomic E-state index is -0.0636. The molecule has 20 heavy (non-hydrogen) atoms. The molecule has 0 saturated heterocycles. The van der Waals surface area contributed by atoms with E-state index in [1.807, 2.05) is 25.1 Å². The Kier molecular flexibility index (Phi) is 4.80. The Labute approximate surface area is 125 Å². The van der Waals surface area contributed by atoms with Crippen molar-refractivity contribution < 1.29 is 4.79 Å². The molecule has 0 heterocycles. The minimum Gasteiger partial charge on any atom is -0.338 e. The second-order valence-corrected chi connectivity index (χ2v) is 5.07. The molecule has 1 atom stereocenters. The van der Waals surface area contributed by atoms with Crippen molar-refractivity contribution >= 4 is 17.5 Å². The molecular formula is C17H18ClNO. The molecule has 0 bridgehead atoms. The summed E-state index contributed by atoms with van der Waals surface area (Å²) >= 11 is 5.59. The van der Waals surface area contributed by atoms with Crippen LogP contribution in [0.4, 0.5) is 0 Å². The number of hydrogen-bond donors (Lipinski definition) is 0. The maximum absolute atomic E-state index is 11.6. The van der Waals surface area contributed by atoms with E-state index >= 15 is 0 Å². The molecule has 0 fully saturated rings. The molecule has 3 heteroatoms. The van der Waals surface area contributed by atoms with Gasteiger partial charge < -0.3 is 4.90 Å². The largest absolute Gasteiger partial charge is 0.338 e. The van der Waals surface area contributed by atoms with E-state index in [2.05, 4.69) is 36.4 Å². The maximum Gasteiger partial charge on any atom is 0.237 e. The fourth-order valence-electron chi connectivity index (χ4n) is 2.12. The van der Waals surface area contributed by atoms with Crippen LogP contribution in [0.15, 0.2) is 54.6 Å². The molecule has 0 aliphatic rings. The van der Waals surface area contributed by atoms with Gasteiger partial charge in [0.05, 0.1) is 6.04 Å². The van der Waals surface area contributed by atoms with Gasteiger partial charge in [0.15, 0.2) is 0 Å². The number of carbonyl (C=O) groups excluding carboxylic acids is 1. The van der Waals surface area contributed by atoms with Crippen molar-refractivity contribution in [1.29, 1.82) is 0 Å². The molecule has 2 aromatic carbocycles. The summed E-state index contributed by atoms with van der Waals surface area (Å²) < 4.78 is 0. The third-order valence-electron chi connectivity index (χ3n) is 3.59. The van der Waals surface area contributed by atoms with Crippen molar-refractivity contribution in [2.45, 2.75) is 13.0 Å². The highest BCUT2D eigenvalue weighted by molar-refractivity contribution is 6.27. The van der Waals surface area contributed by atoms with Crippen molar-refractivity contribution in [3.05, 3.63) is 60.2 Å². The monoisotopic (exact) mass is 287 g/mol. The zero-order valence-electron chi connectivity index (χ0n) is 11.7. The van der Waals surface area contributed by atoms with Crippen LogP contribution < -0.4 is 0 Å². The van der Waals surface area contributed by atoms with E-state index < -0.39 is 0 Å². The third-order valence-corrected chi connectivity index (χ3v) is 3.82. The lowest BCUT2D eigenvalue weighted by atomic mass is 10.0. The molecule has 0 N–H and O–H groups in total. The SMILES string of the molecule is CC(c1ccc(-c2ccccc2)cc1)N(C)C(=O)CCl. The second-order valence-electron chi connectivity index (χ2n) is 4.80. The van der Waals surface area contributed by atoms with Gasteiger partial charge in [-0.1, -0.05) is 54.6 Å². The van der Waals surface area contributed by atoms with E-state index in [9.17, 15) is 4.79 Å². The Morgan fingerprint density at radius 1 is 1.05 bits per heavy atom. The number of benzene rings is 2. The molecule has 1 amide bonds. The third kappa shape index (κ3) is 3.20. The number of amides is 1.